The molecule has 1 N–H and O–H groups in total. The van der Waals surface area contributed by atoms with Crippen molar-refractivity contribution in [2.45, 2.75) is 25.3 Å². The summed E-state index contributed by atoms with van der Waals surface area (Å²) in [7, 11) is 0. The van der Waals surface area contributed by atoms with Crippen LogP contribution in [0, 0.1) is 6.92 Å². The number of H-pyrrole nitrogens is 1. The summed E-state index contributed by atoms with van der Waals surface area (Å²) in [6.07, 6.45) is 5.97. The summed E-state index contributed by atoms with van der Waals surface area (Å²) in [4.78, 5) is 26.5. The van der Waals surface area contributed by atoms with Gasteiger partial charge >= 0.3 is 0 Å². The highest BCUT2D eigenvalue weighted by molar-refractivity contribution is 7.20. The van der Waals surface area contributed by atoms with Crippen molar-refractivity contribution >= 4 is 44.1 Å². The smallest absolute Gasteiger partial charge is 0.264 e. The maximum absolute atomic E-state index is 13.4. The van der Waals surface area contributed by atoms with Crippen LogP contribution < -0.4 is 4.90 Å². The molecule has 1 amide bonds. The van der Waals surface area contributed by atoms with E-state index in [1.54, 1.807) is 11.3 Å². The van der Waals surface area contributed by atoms with Crippen molar-refractivity contribution in [2.24, 2.45) is 0 Å². The predicted octanol–water partition coefficient (Wildman–Crippen LogP) is 4.58. The summed E-state index contributed by atoms with van der Waals surface area (Å²) in [6.45, 7) is 4.60. The molecule has 0 radical (unpaired) electrons. The number of amides is 1. The predicted molar refractivity (Wildman–Crippen MR) is 118 cm³/mol. The molecule has 1 aliphatic carbocycles. The fourth-order valence-electron chi connectivity index (χ4n) is 4.70. The van der Waals surface area contributed by atoms with E-state index in [2.05, 4.69) is 63.1 Å². The lowest BCUT2D eigenvalue weighted by Gasteiger charge is -2.43. The van der Waals surface area contributed by atoms with E-state index in [0.717, 1.165) is 48.4 Å². The number of thiophene rings is 1. The molecule has 3 aromatic heterocycles. The van der Waals surface area contributed by atoms with E-state index in [1.807, 2.05) is 12.4 Å². The van der Waals surface area contributed by atoms with Gasteiger partial charge in [-0.15, -0.1) is 11.3 Å². The van der Waals surface area contributed by atoms with Gasteiger partial charge in [0.15, 0.2) is 0 Å². The Morgan fingerprint density at radius 1 is 1.17 bits per heavy atom. The number of hydrogen-bond donors (Lipinski definition) is 1. The molecule has 1 saturated heterocycles. The van der Waals surface area contributed by atoms with Crippen molar-refractivity contribution in [3.63, 3.8) is 0 Å². The second-order valence-corrected chi connectivity index (χ2v) is 9.41. The molecule has 0 unspecified atom stereocenters. The lowest BCUT2D eigenvalue weighted by atomic mass is 10.1. The minimum absolute atomic E-state index is 0.0205. The molecule has 5 nitrogen and oxygen atoms in total. The van der Waals surface area contributed by atoms with Crippen LogP contribution in [0.3, 0.4) is 0 Å². The molecular weight excluding hydrogens is 380 g/mol. The zero-order valence-electron chi connectivity index (χ0n) is 16.3. The van der Waals surface area contributed by atoms with Crippen molar-refractivity contribution in [1.82, 2.24) is 14.9 Å². The van der Waals surface area contributed by atoms with Crippen LogP contribution in [0.4, 0.5) is 5.69 Å². The SMILES string of the molecule is Cc1ccc2sc(C(=O)N3CCN(c4ccnc5[nH]ccc45)CC34CC4)cc2c1. The van der Waals surface area contributed by atoms with Gasteiger partial charge in [0, 0.05) is 47.8 Å². The second kappa shape index (κ2) is 6.07. The average Bonchev–Trinajstić information content (AvgIpc) is 3.16. The molecule has 1 saturated carbocycles. The standard InChI is InChI=1S/C23H22N4OS/c1-15-2-3-19-16(12-15)13-20(29-19)22(28)27-11-10-26(14-23(27)6-7-23)18-5-9-25-21-17(18)4-8-24-21/h2-5,8-9,12-13H,6-7,10-11,14H2,1H3,(H,24,25). The Morgan fingerprint density at radius 3 is 2.93 bits per heavy atom. The number of piperazine rings is 1. The first-order valence-electron chi connectivity index (χ1n) is 10.1. The number of hydrogen-bond acceptors (Lipinski definition) is 4. The number of fused-ring (bicyclic) bond motifs is 2. The largest absolute Gasteiger partial charge is 0.367 e. The minimum Gasteiger partial charge on any atom is -0.367 e. The third-order valence-electron chi connectivity index (χ3n) is 6.38. The molecule has 2 fully saturated rings. The van der Waals surface area contributed by atoms with Gasteiger partial charge in [-0.2, -0.15) is 0 Å². The zero-order chi connectivity index (χ0) is 19.6. The highest BCUT2D eigenvalue weighted by Gasteiger charge is 2.53. The van der Waals surface area contributed by atoms with Crippen molar-refractivity contribution in [3.05, 3.63) is 59.2 Å². The molecular formula is C23H22N4OS. The summed E-state index contributed by atoms with van der Waals surface area (Å²) in [5.74, 6) is 0.197. The number of aromatic nitrogens is 2. The minimum atomic E-state index is -0.0205. The van der Waals surface area contributed by atoms with Crippen molar-refractivity contribution in [1.29, 1.82) is 0 Å². The quantitative estimate of drug-likeness (QED) is 0.534. The number of pyridine rings is 1. The molecule has 1 spiro atoms. The molecule has 29 heavy (non-hydrogen) atoms. The summed E-state index contributed by atoms with van der Waals surface area (Å²) in [5.41, 5.74) is 3.35. The second-order valence-electron chi connectivity index (χ2n) is 8.32. The topological polar surface area (TPSA) is 52.2 Å². The van der Waals surface area contributed by atoms with Gasteiger partial charge in [-0.25, -0.2) is 4.98 Å². The monoisotopic (exact) mass is 402 g/mol. The van der Waals surface area contributed by atoms with Gasteiger partial charge in [-0.3, -0.25) is 4.79 Å². The molecule has 6 rings (SSSR count). The number of aromatic amines is 1. The number of carbonyl (C=O) groups is 1. The third-order valence-corrected chi connectivity index (χ3v) is 7.49. The normalized spacial score (nSPS) is 18.1. The van der Waals surface area contributed by atoms with Crippen molar-refractivity contribution in [2.75, 3.05) is 24.5 Å². The summed E-state index contributed by atoms with van der Waals surface area (Å²) < 4.78 is 1.19. The molecule has 4 heterocycles. The Balaban J connectivity index is 1.29. The molecule has 1 aromatic carbocycles. The Hall–Kier alpha value is -2.86. The van der Waals surface area contributed by atoms with E-state index in [9.17, 15) is 4.79 Å². The maximum Gasteiger partial charge on any atom is 0.264 e. The number of rotatable bonds is 2. The number of nitrogens with zero attached hydrogens (tertiary/aromatic N) is 3. The van der Waals surface area contributed by atoms with Crippen LogP contribution in [0.2, 0.25) is 0 Å². The molecule has 1 aliphatic heterocycles. The van der Waals surface area contributed by atoms with Crippen LogP contribution in [0.25, 0.3) is 21.1 Å². The Morgan fingerprint density at radius 2 is 2.07 bits per heavy atom. The van der Waals surface area contributed by atoms with E-state index in [4.69, 9.17) is 0 Å². The van der Waals surface area contributed by atoms with E-state index in [-0.39, 0.29) is 11.4 Å². The summed E-state index contributed by atoms with van der Waals surface area (Å²) in [6, 6.07) is 12.7. The lowest BCUT2D eigenvalue weighted by molar-refractivity contribution is 0.0630. The van der Waals surface area contributed by atoms with Gasteiger partial charge < -0.3 is 14.8 Å². The van der Waals surface area contributed by atoms with E-state index in [0.29, 0.717) is 0 Å². The van der Waals surface area contributed by atoms with Gasteiger partial charge in [-0.1, -0.05) is 17.7 Å². The molecule has 2 aliphatic rings. The fraction of sp³-hybridized carbons (Fsp3) is 0.304. The van der Waals surface area contributed by atoms with Gasteiger partial charge in [-0.05, 0) is 49.4 Å². The third kappa shape index (κ3) is 2.66. The number of benzene rings is 1. The number of anilines is 1. The van der Waals surface area contributed by atoms with Gasteiger partial charge in [0.25, 0.3) is 5.91 Å². The molecule has 4 aromatic rings. The summed E-state index contributed by atoms with van der Waals surface area (Å²) >= 11 is 1.62. The zero-order valence-corrected chi connectivity index (χ0v) is 17.1. The van der Waals surface area contributed by atoms with Crippen molar-refractivity contribution < 1.29 is 4.79 Å². The molecule has 146 valence electrons. The Kier molecular flexibility index (Phi) is 3.56. The molecule has 6 heteroatoms. The highest BCUT2D eigenvalue weighted by Crippen LogP contribution is 2.46. The Labute approximate surface area is 173 Å². The molecule has 0 bridgehead atoms. The van der Waals surface area contributed by atoms with Crippen LogP contribution in [0.1, 0.15) is 28.1 Å². The van der Waals surface area contributed by atoms with Crippen LogP contribution in [0.5, 0.6) is 0 Å². The maximum atomic E-state index is 13.4. The van der Waals surface area contributed by atoms with Crippen LogP contribution >= 0.6 is 11.3 Å². The van der Waals surface area contributed by atoms with E-state index < -0.39 is 0 Å². The van der Waals surface area contributed by atoms with E-state index in [1.165, 1.54) is 21.3 Å². The van der Waals surface area contributed by atoms with Gasteiger partial charge in [0.2, 0.25) is 0 Å². The first-order chi connectivity index (χ1) is 14.1. The highest BCUT2D eigenvalue weighted by atomic mass is 32.1. The van der Waals surface area contributed by atoms with Gasteiger partial charge in [0.1, 0.15) is 5.65 Å². The van der Waals surface area contributed by atoms with E-state index >= 15 is 0 Å². The molecule has 0 atom stereocenters. The summed E-state index contributed by atoms with van der Waals surface area (Å²) in [5, 5.41) is 2.33. The number of carbonyl (C=O) groups excluding carboxylic acids is 1. The number of nitrogens with one attached hydrogen (secondary N) is 1. The van der Waals surface area contributed by atoms with Crippen LogP contribution in [0.15, 0.2) is 48.8 Å². The first-order valence-corrected chi connectivity index (χ1v) is 10.9. The van der Waals surface area contributed by atoms with Gasteiger partial charge in [0.05, 0.1) is 10.4 Å². The average molecular weight is 403 g/mol. The van der Waals surface area contributed by atoms with Crippen molar-refractivity contribution in [3.8, 4) is 0 Å². The fourth-order valence-corrected chi connectivity index (χ4v) is 5.69. The van der Waals surface area contributed by atoms with Crippen LogP contribution in [-0.2, 0) is 0 Å². The number of aryl methyl sites for hydroxylation is 1. The lowest BCUT2D eigenvalue weighted by Crippen LogP contribution is -2.57. The first kappa shape index (κ1) is 17.0. The Bertz CT molecular complexity index is 1250. The van der Waals surface area contributed by atoms with Crippen LogP contribution in [-0.4, -0.2) is 45.9 Å².